The van der Waals surface area contributed by atoms with E-state index < -0.39 is 47.3 Å². The first-order valence-electron chi connectivity index (χ1n) is 13.0. The molecule has 2 N–H and O–H groups in total. The van der Waals surface area contributed by atoms with Crippen LogP contribution in [0.3, 0.4) is 0 Å². The zero-order valence-corrected chi connectivity index (χ0v) is 22.8. The van der Waals surface area contributed by atoms with Gasteiger partial charge in [-0.05, 0) is 72.4 Å². The van der Waals surface area contributed by atoms with Gasteiger partial charge in [0.1, 0.15) is 0 Å². The minimum absolute atomic E-state index is 0.0230. The Morgan fingerprint density at radius 1 is 0.886 bits per heavy atom. The van der Waals surface area contributed by atoms with Crippen LogP contribution in [0.2, 0.25) is 0 Å². The summed E-state index contributed by atoms with van der Waals surface area (Å²) in [5.41, 5.74) is -3.96. The average molecular weight is 635 g/mol. The molecule has 0 aliphatic carbocycles. The van der Waals surface area contributed by atoms with Gasteiger partial charge in [-0.1, -0.05) is 16.4 Å². The van der Waals surface area contributed by atoms with E-state index in [0.717, 1.165) is 10.9 Å². The van der Waals surface area contributed by atoms with E-state index in [0.29, 0.717) is 17.7 Å². The Kier molecular flexibility index (Phi) is 7.91. The molecule has 0 radical (unpaired) electrons. The van der Waals surface area contributed by atoms with Gasteiger partial charge in [0.2, 0.25) is 0 Å². The molecular weight excluding hydrogens is 611 g/mol. The monoisotopic (exact) mass is 634 g/mol. The lowest BCUT2D eigenvalue weighted by Gasteiger charge is -2.33. The molecule has 0 bridgehead atoms. The van der Waals surface area contributed by atoms with Gasteiger partial charge < -0.3 is 10.2 Å². The van der Waals surface area contributed by atoms with Crippen LogP contribution in [0.15, 0.2) is 30.3 Å². The minimum atomic E-state index is -5.08. The third-order valence-electron chi connectivity index (χ3n) is 7.22. The number of rotatable bonds is 6. The van der Waals surface area contributed by atoms with Crippen LogP contribution in [-0.2, 0) is 38.5 Å². The van der Waals surface area contributed by atoms with Gasteiger partial charge in [-0.3, -0.25) is 0 Å². The first-order chi connectivity index (χ1) is 20.5. The molecule has 236 valence electrons. The summed E-state index contributed by atoms with van der Waals surface area (Å²) in [5.74, 6) is 0.106. The van der Waals surface area contributed by atoms with Crippen LogP contribution >= 0.6 is 0 Å². The molecule has 2 aromatic carbocycles. The fraction of sp³-hybridized carbons (Fsp3) is 0.440. The summed E-state index contributed by atoms with van der Waals surface area (Å²) < 4.78 is 124. The number of nitrogens with one attached hydrogen (secondary N) is 2. The highest BCUT2D eigenvalue weighted by atomic mass is 19.4. The van der Waals surface area contributed by atoms with E-state index >= 15 is 0 Å². The van der Waals surface area contributed by atoms with Gasteiger partial charge in [0.05, 0.1) is 36.3 Å². The number of nitrogens with zero attached hydrogens (tertiary/aromatic N) is 8. The number of fused-ring (bicyclic) bond motifs is 1. The zero-order valence-electron chi connectivity index (χ0n) is 22.8. The zero-order chi connectivity index (χ0) is 32.0. The van der Waals surface area contributed by atoms with Crippen molar-refractivity contribution in [2.75, 3.05) is 10.2 Å². The lowest BCUT2D eigenvalue weighted by atomic mass is 9.95. The van der Waals surface area contributed by atoms with Crippen molar-refractivity contribution in [2.24, 2.45) is 7.05 Å². The number of benzene rings is 2. The molecule has 44 heavy (non-hydrogen) atoms. The fourth-order valence-corrected chi connectivity index (χ4v) is 5.30. The minimum Gasteiger partial charge on any atom is -0.360 e. The van der Waals surface area contributed by atoms with Crippen molar-refractivity contribution in [3.8, 4) is 0 Å². The molecule has 0 fully saturated rings. The molecule has 0 spiro atoms. The van der Waals surface area contributed by atoms with Crippen LogP contribution in [0, 0.1) is 6.92 Å². The maximum atomic E-state index is 14.1. The van der Waals surface area contributed by atoms with Gasteiger partial charge >= 0.3 is 18.5 Å². The molecule has 2 atom stereocenters. The predicted octanol–water partition coefficient (Wildman–Crippen LogP) is 5.65. The number of aromatic nitrogens is 8. The summed E-state index contributed by atoms with van der Waals surface area (Å²) in [6.07, 6.45) is -15.0. The molecular formula is C25H23F9N10. The number of hydrogen-bond acceptors (Lipinski definition) is 8. The van der Waals surface area contributed by atoms with Gasteiger partial charge in [-0.25, -0.2) is 0 Å². The maximum absolute atomic E-state index is 14.1. The van der Waals surface area contributed by atoms with Crippen LogP contribution in [0.25, 0.3) is 0 Å². The molecule has 2 aromatic heterocycles. The quantitative estimate of drug-likeness (QED) is 0.262. The van der Waals surface area contributed by atoms with Gasteiger partial charge in [0, 0.05) is 11.7 Å². The van der Waals surface area contributed by atoms with Crippen LogP contribution in [0.5, 0.6) is 0 Å². The summed E-state index contributed by atoms with van der Waals surface area (Å²) in [5, 5.41) is 28.2. The second kappa shape index (κ2) is 11.2. The summed E-state index contributed by atoms with van der Waals surface area (Å²) in [7, 11) is 1.51. The van der Waals surface area contributed by atoms with Gasteiger partial charge in [0.25, 0.3) is 5.95 Å². The van der Waals surface area contributed by atoms with Gasteiger partial charge in [-0.15, -0.1) is 15.3 Å². The van der Waals surface area contributed by atoms with Crippen molar-refractivity contribution in [1.29, 1.82) is 0 Å². The van der Waals surface area contributed by atoms with Crippen molar-refractivity contribution in [2.45, 2.75) is 63.3 Å². The fourth-order valence-electron chi connectivity index (χ4n) is 5.30. The number of tetrazole rings is 2. The van der Waals surface area contributed by atoms with Crippen LogP contribution < -0.4 is 10.2 Å². The molecule has 19 heteroatoms. The maximum Gasteiger partial charge on any atom is 0.416 e. The number of anilines is 2. The lowest BCUT2D eigenvalue weighted by molar-refractivity contribution is -0.143. The van der Waals surface area contributed by atoms with Crippen molar-refractivity contribution in [1.82, 2.24) is 40.8 Å². The van der Waals surface area contributed by atoms with Crippen molar-refractivity contribution in [3.63, 3.8) is 0 Å². The number of aromatic amines is 1. The number of aryl methyl sites for hydroxylation is 2. The SMILES string of the molecule is Cc1cc2c(cc1C(F)(F)F)N(Cc1nn[nH]n1)[C@H](Cc1cc(C(F)(F)F)cc(C(F)(F)F)c1)CCC2Nc1nnn(C)n1. The van der Waals surface area contributed by atoms with E-state index in [1.807, 2.05) is 0 Å². The van der Waals surface area contributed by atoms with E-state index in [4.69, 9.17) is 0 Å². The highest BCUT2D eigenvalue weighted by Gasteiger charge is 2.40. The second-order valence-corrected chi connectivity index (χ2v) is 10.3. The smallest absolute Gasteiger partial charge is 0.360 e. The third kappa shape index (κ3) is 6.70. The third-order valence-corrected chi connectivity index (χ3v) is 7.22. The predicted molar refractivity (Wildman–Crippen MR) is 135 cm³/mol. The van der Waals surface area contributed by atoms with E-state index in [9.17, 15) is 39.5 Å². The van der Waals surface area contributed by atoms with Crippen LogP contribution in [0.4, 0.5) is 51.1 Å². The Morgan fingerprint density at radius 2 is 1.57 bits per heavy atom. The van der Waals surface area contributed by atoms with E-state index in [2.05, 4.69) is 41.4 Å². The Hall–Kier alpha value is -4.45. The Labute approximate surface area is 242 Å². The van der Waals surface area contributed by atoms with Crippen molar-refractivity contribution >= 4 is 11.6 Å². The highest BCUT2D eigenvalue weighted by molar-refractivity contribution is 5.62. The van der Waals surface area contributed by atoms with Gasteiger partial charge in [-0.2, -0.15) is 49.5 Å². The Morgan fingerprint density at radius 3 is 2.11 bits per heavy atom. The van der Waals surface area contributed by atoms with E-state index in [1.54, 1.807) is 0 Å². The van der Waals surface area contributed by atoms with Crippen LogP contribution in [0.1, 0.15) is 58.1 Å². The van der Waals surface area contributed by atoms with E-state index in [-0.39, 0.29) is 60.5 Å². The Balaban J connectivity index is 1.65. The summed E-state index contributed by atoms with van der Waals surface area (Å²) >= 11 is 0. The molecule has 1 aliphatic rings. The number of alkyl halides is 9. The normalized spacial score (nSPS) is 17.8. The molecule has 10 nitrogen and oxygen atoms in total. The molecule has 0 saturated carbocycles. The summed E-state index contributed by atoms with van der Waals surface area (Å²) in [4.78, 5) is 2.61. The number of halogens is 9. The number of hydrogen-bond donors (Lipinski definition) is 2. The van der Waals surface area contributed by atoms with Gasteiger partial charge in [0.15, 0.2) is 5.82 Å². The van der Waals surface area contributed by atoms with E-state index in [1.165, 1.54) is 24.9 Å². The molecule has 3 heterocycles. The topological polar surface area (TPSA) is 113 Å². The van der Waals surface area contributed by atoms with Crippen LogP contribution in [-0.4, -0.2) is 46.9 Å². The standard InChI is InChI=1S/C25H23F9N10/c1-12-5-17-19(35-22-38-42-43(2)39-22)4-3-16(8-13-6-14(23(26,27)28)9-15(7-13)24(29,30)31)44(11-21-36-40-41-37-21)20(17)10-18(12)25(32,33)34/h5-7,9-10,16,19H,3-4,8,11H2,1-2H3,(H,35,39)(H,36,37,40,41)/t16-,19?/m0/s1. The molecule has 1 aliphatic heterocycles. The first kappa shape index (κ1) is 31.0. The number of H-pyrrole nitrogens is 1. The van der Waals surface area contributed by atoms with Crippen molar-refractivity contribution in [3.05, 3.63) is 69.5 Å². The summed E-state index contributed by atoms with van der Waals surface area (Å²) in [6, 6.07) is 1.89. The first-order valence-corrected chi connectivity index (χ1v) is 13.0. The molecule has 0 amide bonds. The Bertz CT molecular complexity index is 1580. The largest absolute Gasteiger partial charge is 0.416 e. The molecule has 0 saturated heterocycles. The van der Waals surface area contributed by atoms with Crippen molar-refractivity contribution < 1.29 is 39.5 Å². The summed E-state index contributed by atoms with van der Waals surface area (Å²) in [6.45, 7) is 1.03. The lowest BCUT2D eigenvalue weighted by Crippen LogP contribution is -2.37. The average Bonchev–Trinajstić information content (AvgIpc) is 3.56. The second-order valence-electron chi connectivity index (χ2n) is 10.3. The molecule has 4 aromatic rings. The highest BCUT2D eigenvalue weighted by Crippen LogP contribution is 2.44. The molecule has 1 unspecified atom stereocenters. The molecule has 5 rings (SSSR count).